The molecule has 0 saturated heterocycles. The van der Waals surface area contributed by atoms with Crippen LogP contribution < -0.4 is 0 Å². The predicted octanol–water partition coefficient (Wildman–Crippen LogP) is 3.03. The minimum Gasteiger partial charge on any atom is -0.390 e. The van der Waals surface area contributed by atoms with Crippen LogP contribution in [0.15, 0.2) is 11.4 Å². The van der Waals surface area contributed by atoms with Gasteiger partial charge in [0, 0.05) is 4.88 Å². The van der Waals surface area contributed by atoms with Crippen molar-refractivity contribution in [3.63, 3.8) is 0 Å². The molecule has 1 saturated carbocycles. The molecule has 2 N–H and O–H groups in total. The van der Waals surface area contributed by atoms with E-state index in [2.05, 4.69) is 0 Å². The molecule has 0 aliphatic heterocycles. The summed E-state index contributed by atoms with van der Waals surface area (Å²) in [6.07, 6.45) is 4.50. The van der Waals surface area contributed by atoms with Crippen LogP contribution in [0.25, 0.3) is 0 Å². The normalized spacial score (nSPS) is 21.9. The maximum atomic E-state index is 10.2. The van der Waals surface area contributed by atoms with Crippen molar-refractivity contribution in [2.24, 2.45) is 5.92 Å². The van der Waals surface area contributed by atoms with Crippen molar-refractivity contribution in [3.05, 3.63) is 21.9 Å². The number of aliphatic hydroxyl groups excluding tert-OH is 2. The molecule has 1 fully saturated rings. The van der Waals surface area contributed by atoms with Crippen molar-refractivity contribution < 1.29 is 10.2 Å². The summed E-state index contributed by atoms with van der Waals surface area (Å²) in [5, 5.41) is 22.3. The van der Waals surface area contributed by atoms with Gasteiger partial charge in [-0.2, -0.15) is 0 Å². The zero-order valence-corrected chi connectivity index (χ0v) is 10.5. The van der Waals surface area contributed by atoms with E-state index in [1.54, 1.807) is 0 Å². The van der Waals surface area contributed by atoms with Crippen molar-refractivity contribution >= 4 is 11.3 Å². The molecule has 1 aliphatic rings. The molecule has 0 amide bonds. The highest BCUT2D eigenvalue weighted by Gasteiger charge is 2.29. The van der Waals surface area contributed by atoms with E-state index in [-0.39, 0.29) is 5.92 Å². The summed E-state index contributed by atoms with van der Waals surface area (Å²) < 4.78 is 0. The second kappa shape index (κ2) is 5.30. The first-order chi connectivity index (χ1) is 7.70. The van der Waals surface area contributed by atoms with Crippen LogP contribution in [0.2, 0.25) is 0 Å². The van der Waals surface area contributed by atoms with Gasteiger partial charge in [0.1, 0.15) is 6.10 Å². The molecule has 0 spiro atoms. The first-order valence-corrected chi connectivity index (χ1v) is 6.98. The third-order valence-corrected chi connectivity index (χ3v) is 4.72. The highest BCUT2D eigenvalue weighted by molar-refractivity contribution is 7.10. The van der Waals surface area contributed by atoms with Crippen LogP contribution in [0.4, 0.5) is 0 Å². The van der Waals surface area contributed by atoms with Gasteiger partial charge in [-0.05, 0) is 42.7 Å². The zero-order valence-electron chi connectivity index (χ0n) is 9.72. The Hall–Kier alpha value is -0.380. The third-order valence-electron chi connectivity index (χ3n) is 3.63. The molecule has 16 heavy (non-hydrogen) atoms. The largest absolute Gasteiger partial charge is 0.390 e. The second-order valence-electron chi connectivity index (χ2n) is 4.80. The molecule has 2 nitrogen and oxygen atoms in total. The first kappa shape index (κ1) is 12.1. The molecule has 1 heterocycles. The second-order valence-corrected chi connectivity index (χ2v) is 5.75. The molecule has 1 aliphatic carbocycles. The number of hydrogen-bond donors (Lipinski definition) is 2. The van der Waals surface area contributed by atoms with E-state index in [0.29, 0.717) is 0 Å². The van der Waals surface area contributed by atoms with Crippen molar-refractivity contribution in [1.82, 2.24) is 0 Å². The molecule has 2 atom stereocenters. The number of hydrogen-bond acceptors (Lipinski definition) is 3. The van der Waals surface area contributed by atoms with Gasteiger partial charge in [-0.15, -0.1) is 11.3 Å². The summed E-state index contributed by atoms with van der Waals surface area (Å²) in [5.41, 5.74) is 1.09. The van der Waals surface area contributed by atoms with Crippen molar-refractivity contribution in [3.8, 4) is 0 Å². The zero-order chi connectivity index (χ0) is 11.5. The maximum Gasteiger partial charge on any atom is 0.114 e. The lowest BCUT2D eigenvalue weighted by Gasteiger charge is -2.29. The number of aliphatic hydroxyl groups is 2. The average molecular weight is 240 g/mol. The Morgan fingerprint density at radius 1 is 1.25 bits per heavy atom. The average Bonchev–Trinajstić information content (AvgIpc) is 2.75. The Morgan fingerprint density at radius 2 is 1.94 bits per heavy atom. The van der Waals surface area contributed by atoms with E-state index < -0.39 is 12.2 Å². The SMILES string of the molecule is Cc1ccsc1C(O)C(O)C1CCCCC1. The Morgan fingerprint density at radius 3 is 2.50 bits per heavy atom. The standard InChI is InChI=1S/C13H20O2S/c1-9-7-8-16-13(9)12(15)11(14)10-5-3-2-4-6-10/h7-8,10-12,14-15H,2-6H2,1H3. The van der Waals surface area contributed by atoms with Crippen LogP contribution >= 0.6 is 11.3 Å². The summed E-state index contributed by atoms with van der Waals surface area (Å²) in [4.78, 5) is 0.929. The minimum atomic E-state index is -0.692. The third kappa shape index (κ3) is 2.47. The first-order valence-electron chi connectivity index (χ1n) is 6.10. The van der Waals surface area contributed by atoms with Gasteiger partial charge in [-0.1, -0.05) is 19.3 Å². The topological polar surface area (TPSA) is 40.5 Å². The van der Waals surface area contributed by atoms with Gasteiger partial charge >= 0.3 is 0 Å². The van der Waals surface area contributed by atoms with E-state index in [1.165, 1.54) is 30.6 Å². The van der Waals surface area contributed by atoms with Crippen molar-refractivity contribution in [2.45, 2.75) is 51.2 Å². The lowest BCUT2D eigenvalue weighted by Crippen LogP contribution is -2.29. The molecular formula is C13H20O2S. The molecular weight excluding hydrogens is 220 g/mol. The summed E-state index contributed by atoms with van der Waals surface area (Å²) in [6, 6.07) is 2.00. The monoisotopic (exact) mass is 240 g/mol. The summed E-state index contributed by atoms with van der Waals surface area (Å²) >= 11 is 1.54. The van der Waals surface area contributed by atoms with Crippen LogP contribution in [0.1, 0.15) is 48.6 Å². The van der Waals surface area contributed by atoms with E-state index >= 15 is 0 Å². The fraction of sp³-hybridized carbons (Fsp3) is 0.692. The Bertz CT molecular complexity index is 328. The molecule has 90 valence electrons. The van der Waals surface area contributed by atoms with Crippen molar-refractivity contribution in [2.75, 3.05) is 0 Å². The van der Waals surface area contributed by atoms with Gasteiger partial charge in [0.25, 0.3) is 0 Å². The van der Waals surface area contributed by atoms with Crippen LogP contribution in [0.5, 0.6) is 0 Å². The fourth-order valence-electron chi connectivity index (χ4n) is 2.58. The highest BCUT2D eigenvalue weighted by atomic mass is 32.1. The lowest BCUT2D eigenvalue weighted by atomic mass is 9.83. The maximum absolute atomic E-state index is 10.2. The quantitative estimate of drug-likeness (QED) is 0.852. The molecule has 2 unspecified atom stereocenters. The minimum absolute atomic E-state index is 0.283. The molecule has 0 radical (unpaired) electrons. The van der Waals surface area contributed by atoms with Gasteiger partial charge in [-0.25, -0.2) is 0 Å². The number of aryl methyl sites for hydroxylation is 1. The Balaban J connectivity index is 2.03. The molecule has 0 bridgehead atoms. The summed E-state index contributed by atoms with van der Waals surface area (Å²) in [7, 11) is 0. The molecule has 0 aromatic carbocycles. The van der Waals surface area contributed by atoms with Crippen LogP contribution in [0.3, 0.4) is 0 Å². The van der Waals surface area contributed by atoms with Gasteiger partial charge in [0.2, 0.25) is 0 Å². The number of rotatable bonds is 3. The number of thiophene rings is 1. The summed E-state index contributed by atoms with van der Waals surface area (Å²) in [5.74, 6) is 0.283. The highest BCUT2D eigenvalue weighted by Crippen LogP contribution is 2.34. The smallest absolute Gasteiger partial charge is 0.114 e. The van der Waals surface area contributed by atoms with E-state index in [1.807, 2.05) is 18.4 Å². The Labute approximate surface area is 101 Å². The lowest BCUT2D eigenvalue weighted by molar-refractivity contribution is -0.0271. The van der Waals surface area contributed by atoms with E-state index in [9.17, 15) is 10.2 Å². The van der Waals surface area contributed by atoms with Crippen LogP contribution in [0, 0.1) is 12.8 Å². The van der Waals surface area contributed by atoms with Crippen LogP contribution in [-0.4, -0.2) is 16.3 Å². The van der Waals surface area contributed by atoms with Crippen molar-refractivity contribution in [1.29, 1.82) is 0 Å². The molecule has 1 aromatic heterocycles. The van der Waals surface area contributed by atoms with E-state index in [4.69, 9.17) is 0 Å². The van der Waals surface area contributed by atoms with E-state index in [0.717, 1.165) is 23.3 Å². The van der Waals surface area contributed by atoms with Gasteiger partial charge < -0.3 is 10.2 Å². The summed E-state index contributed by atoms with van der Waals surface area (Å²) in [6.45, 7) is 1.99. The Kier molecular flexibility index (Phi) is 4.00. The predicted molar refractivity (Wildman–Crippen MR) is 66.6 cm³/mol. The molecule has 2 rings (SSSR count). The van der Waals surface area contributed by atoms with Gasteiger partial charge in [0.05, 0.1) is 6.10 Å². The van der Waals surface area contributed by atoms with Crippen LogP contribution in [-0.2, 0) is 0 Å². The molecule has 1 aromatic rings. The van der Waals surface area contributed by atoms with Gasteiger partial charge in [-0.3, -0.25) is 0 Å². The van der Waals surface area contributed by atoms with Gasteiger partial charge in [0.15, 0.2) is 0 Å². The molecule has 3 heteroatoms. The fourth-order valence-corrected chi connectivity index (χ4v) is 3.53.